The molecule has 0 bridgehead atoms. The van der Waals surface area contributed by atoms with Crippen molar-refractivity contribution in [1.82, 2.24) is 106 Å². The number of amides is 21. The van der Waals surface area contributed by atoms with Crippen LogP contribution in [0.1, 0.15) is 275 Å². The number of hydrogen-bond donors (Lipinski definition) is 26. The van der Waals surface area contributed by atoms with Gasteiger partial charge in [-0.2, -0.15) is 23.5 Å². The van der Waals surface area contributed by atoms with E-state index in [1.807, 2.05) is 0 Å². The zero-order valence-corrected chi connectivity index (χ0v) is 88.7. The number of unbranched alkanes of at least 4 members (excludes halogenated alkanes) is 5. The maximum absolute atomic E-state index is 14.4. The minimum absolute atomic E-state index is 0.00568. The van der Waals surface area contributed by atoms with Crippen LogP contribution in [0.5, 0.6) is 0 Å². The SMILES string of the molecule is CSCC[C@H](NC(=O)C(C)(C)NC(=O)[C@H](CCCCN)NC(=O)C(C)(C)NC(=O)[C@H](C)NC(=O)C(C)(C)NC(=O)[C@H](CCCCN)NC(=O)C(C)(C)NC(=O)[C@H](CCSC)NC(=O)C(C)(C)NC(=O)[C@H](CCCCN)NC(=O)C(C)(C)NC(=O)[C@H](C)NC(=O)C(C)(C)NC(=O)[C@H](CCCCN)NC(=O)C(C)(C)NC(C)=O)C(=O)NC(C)(C)C(=O)N[C@@H](CCCCN)C(=O)NC(C)(C)C(=O)N[C@@H](C)C(N)=O. The Morgan fingerprint density at radius 2 is 0.357 bits per heavy atom. The van der Waals surface area contributed by atoms with Crippen molar-refractivity contribution >= 4 is 148 Å². The smallest absolute Gasteiger partial charge is 0.245 e. The van der Waals surface area contributed by atoms with E-state index in [2.05, 4.69) is 106 Å². The van der Waals surface area contributed by atoms with Crippen LogP contribution in [-0.4, -0.2) is 297 Å². The summed E-state index contributed by atoms with van der Waals surface area (Å²) in [5.41, 5.74) is 16.8. The molecule has 0 rings (SSSR count). The molecule has 0 aromatic heterocycles. The standard InChI is InChI=1S/C91H168N26O21S2/c1-51(62(97)119)98-72(129)83(7,8)111-66(123)56(38-28-33-45-93)104-78(135)88(17,18)116-70(127)60(42-49-139-25)106-80(137)90(21,22)114-69(126)59(41-31-36-48-96)103-77(134)87(15,16)110-64(121)53(3)100-74(131)85(11,12)113-67(124)57(39-29-34-46-94)105-79(136)89(19,20)117-71(128)61(43-50-140-26)107-81(138)91(23,24)115-68(125)58(40-30-35-47-95)102-76(133)86(13,14)109-63(120)52(2)99-73(130)84(9,10)112-65(122)55(37-27-32-44-92)101-75(132)82(5,6)108-54(4)118/h51-53,55-61H,27-50,92-96H2,1-26H3,(H2,97,119)(H,98,129)(H,99,130)(H,100,131)(H,101,132)(H,102,133)(H,103,134)(H,104,135)(H,105,136)(H,106,137)(H,107,138)(H,108,118)(H,109,120)(H,110,121)(H,111,123)(H,112,122)(H,113,124)(H,114,126)(H,115,125)(H,116,127)(H,117,128)/t51-,52-,53-,55-,56-,57-,58-,59-,60-,61-/m0/s1. The van der Waals surface area contributed by atoms with Crippen molar-refractivity contribution in [3.63, 3.8) is 0 Å². The van der Waals surface area contributed by atoms with Gasteiger partial charge < -0.3 is 141 Å². The molecule has 0 unspecified atom stereocenters. The first-order valence-corrected chi connectivity index (χ1v) is 50.2. The molecule has 10 atom stereocenters. The molecular formula is C91H168N26O21S2. The predicted molar refractivity (Wildman–Crippen MR) is 534 cm³/mol. The molecule has 0 aliphatic heterocycles. The van der Waals surface area contributed by atoms with E-state index in [1.165, 1.54) is 190 Å². The third kappa shape index (κ3) is 45.1. The zero-order valence-electron chi connectivity index (χ0n) is 87.1. The molecular weight excluding hydrogens is 1860 g/mol. The summed E-state index contributed by atoms with van der Waals surface area (Å²) in [7, 11) is 0. The number of nitrogens with two attached hydrogens (primary N) is 6. The van der Waals surface area contributed by atoms with Gasteiger partial charge in [0.2, 0.25) is 124 Å². The van der Waals surface area contributed by atoms with E-state index in [1.54, 1.807) is 12.5 Å². The Morgan fingerprint density at radius 3 is 0.507 bits per heavy atom. The lowest BCUT2D eigenvalue weighted by molar-refractivity contribution is -0.140. The van der Waals surface area contributed by atoms with Gasteiger partial charge in [-0.25, -0.2) is 0 Å². The Morgan fingerprint density at radius 1 is 0.214 bits per heavy atom. The van der Waals surface area contributed by atoms with Gasteiger partial charge in [-0.15, -0.1) is 0 Å². The first-order valence-electron chi connectivity index (χ1n) is 47.4. The molecule has 0 radical (unpaired) electrons. The topological polar surface area (TPSA) is 755 Å². The van der Waals surface area contributed by atoms with E-state index in [0.29, 0.717) is 75.8 Å². The van der Waals surface area contributed by atoms with Gasteiger partial charge in [-0.05, 0) is 325 Å². The highest BCUT2D eigenvalue weighted by atomic mass is 32.2. The Bertz CT molecular complexity index is 4270. The lowest BCUT2D eigenvalue weighted by atomic mass is 9.98. The van der Waals surface area contributed by atoms with Crippen molar-refractivity contribution in [1.29, 1.82) is 0 Å². The third-order valence-electron chi connectivity index (χ3n) is 22.7. The zero-order chi connectivity index (χ0) is 108. The second-order valence-corrected chi connectivity index (χ2v) is 42.5. The predicted octanol–water partition coefficient (Wildman–Crippen LogP) is -4.50. The van der Waals surface area contributed by atoms with Crippen molar-refractivity contribution in [2.45, 2.75) is 391 Å². The molecule has 0 aromatic rings. The lowest BCUT2D eigenvalue weighted by Gasteiger charge is -2.34. The fourth-order valence-corrected chi connectivity index (χ4v) is 14.1. The Kier molecular flexibility index (Phi) is 54.2. The molecule has 0 saturated carbocycles. The summed E-state index contributed by atoms with van der Waals surface area (Å²) < 4.78 is 0. The molecule has 32 N–H and O–H groups in total. The molecule has 800 valence electrons. The monoisotopic (exact) mass is 2030 g/mol. The van der Waals surface area contributed by atoms with Crippen molar-refractivity contribution in [3.8, 4) is 0 Å². The fraction of sp³-hybridized carbons (Fsp3) is 0.769. The van der Waals surface area contributed by atoms with Gasteiger partial charge in [0.25, 0.3) is 0 Å². The van der Waals surface area contributed by atoms with Crippen LogP contribution < -0.4 is 141 Å². The van der Waals surface area contributed by atoms with Gasteiger partial charge in [0.1, 0.15) is 116 Å². The van der Waals surface area contributed by atoms with Gasteiger partial charge in [0.05, 0.1) is 0 Å². The minimum atomic E-state index is -1.84. The Balaban J connectivity index is 6.58. The van der Waals surface area contributed by atoms with E-state index >= 15 is 0 Å². The molecule has 49 heteroatoms. The van der Waals surface area contributed by atoms with Crippen LogP contribution in [0.15, 0.2) is 0 Å². The van der Waals surface area contributed by atoms with E-state index < -0.39 is 240 Å². The van der Waals surface area contributed by atoms with Gasteiger partial charge in [-0.3, -0.25) is 101 Å². The first kappa shape index (κ1) is 129. The molecule has 0 aliphatic rings. The first-order chi connectivity index (χ1) is 64.3. The summed E-state index contributed by atoms with van der Waals surface area (Å²) in [6.07, 6.45) is 7.52. The number of rotatable bonds is 66. The number of nitrogens with one attached hydrogen (secondary N) is 20. The van der Waals surface area contributed by atoms with Crippen LogP contribution in [0.3, 0.4) is 0 Å². The van der Waals surface area contributed by atoms with Crippen LogP contribution in [0.2, 0.25) is 0 Å². The third-order valence-corrected chi connectivity index (χ3v) is 23.9. The van der Waals surface area contributed by atoms with Crippen molar-refractivity contribution < 1.29 is 101 Å². The highest BCUT2D eigenvalue weighted by Crippen LogP contribution is 2.21. The van der Waals surface area contributed by atoms with Crippen LogP contribution in [0.4, 0.5) is 0 Å². The summed E-state index contributed by atoms with van der Waals surface area (Å²) in [5, 5.41) is 52.2. The molecule has 0 saturated heterocycles. The van der Waals surface area contributed by atoms with E-state index in [9.17, 15) is 101 Å². The number of hydrogen-bond acceptors (Lipinski definition) is 28. The summed E-state index contributed by atoms with van der Waals surface area (Å²) in [6, 6.07) is -13.0. The molecule has 0 spiro atoms. The van der Waals surface area contributed by atoms with Crippen molar-refractivity contribution in [2.24, 2.45) is 34.4 Å². The maximum atomic E-state index is 14.4. The highest BCUT2D eigenvalue weighted by Gasteiger charge is 2.47. The van der Waals surface area contributed by atoms with Crippen LogP contribution in [-0.2, 0) is 101 Å². The van der Waals surface area contributed by atoms with Crippen LogP contribution in [0, 0.1) is 0 Å². The van der Waals surface area contributed by atoms with Crippen molar-refractivity contribution in [3.05, 3.63) is 0 Å². The Labute approximate surface area is 832 Å². The summed E-state index contributed by atoms with van der Waals surface area (Å²) in [5.74, 6) is -16.5. The van der Waals surface area contributed by atoms with E-state index in [4.69, 9.17) is 34.4 Å². The van der Waals surface area contributed by atoms with Gasteiger partial charge in [-0.1, -0.05) is 0 Å². The summed E-state index contributed by atoms with van der Waals surface area (Å²) in [4.78, 5) is 290. The van der Waals surface area contributed by atoms with E-state index in [0.717, 1.165) is 0 Å². The molecule has 0 heterocycles. The van der Waals surface area contributed by atoms with Crippen molar-refractivity contribution in [2.75, 3.05) is 56.7 Å². The van der Waals surface area contributed by atoms with Crippen LogP contribution >= 0.6 is 23.5 Å². The molecule has 0 aromatic carbocycles. The number of carbonyl (C=O) groups excluding carboxylic acids is 21. The normalized spacial score (nSPS) is 14.3. The van der Waals surface area contributed by atoms with E-state index in [-0.39, 0.29) is 77.5 Å². The van der Waals surface area contributed by atoms with Gasteiger partial charge >= 0.3 is 0 Å². The lowest BCUT2D eigenvalue weighted by Crippen LogP contribution is -2.66. The fourth-order valence-electron chi connectivity index (χ4n) is 13.1. The minimum Gasteiger partial charge on any atom is -0.368 e. The second-order valence-electron chi connectivity index (χ2n) is 40.5. The molecule has 47 nitrogen and oxygen atoms in total. The van der Waals surface area contributed by atoms with Gasteiger partial charge in [0.15, 0.2) is 0 Å². The number of carbonyl (C=O) groups is 21. The second kappa shape index (κ2) is 58.7. The highest BCUT2D eigenvalue weighted by molar-refractivity contribution is 7.98. The summed E-state index contributed by atoms with van der Waals surface area (Å²) >= 11 is 2.67. The van der Waals surface area contributed by atoms with Crippen LogP contribution in [0.25, 0.3) is 0 Å². The molecule has 0 fully saturated rings. The molecule has 0 aliphatic carbocycles. The maximum Gasteiger partial charge on any atom is 0.245 e. The summed E-state index contributed by atoms with van der Waals surface area (Å²) in [6.45, 7) is 33.6. The molecule has 21 amide bonds. The average Bonchev–Trinajstić information content (AvgIpc) is 0.844. The largest absolute Gasteiger partial charge is 0.368 e. The number of thioether (sulfide) groups is 2. The Hall–Kier alpha value is -10.6. The number of primary amides is 1. The van der Waals surface area contributed by atoms with Gasteiger partial charge in [0, 0.05) is 6.92 Å². The molecule has 140 heavy (non-hydrogen) atoms. The quantitative estimate of drug-likeness (QED) is 0.0255. The average molecular weight is 2030 g/mol.